The third kappa shape index (κ3) is 3.91. The molecule has 3 aromatic rings. The van der Waals surface area contributed by atoms with Gasteiger partial charge in [0.1, 0.15) is 0 Å². The normalized spacial score (nSPS) is 14.2. The van der Waals surface area contributed by atoms with Crippen molar-refractivity contribution in [1.29, 1.82) is 0 Å². The molecule has 4 rings (SSSR count). The van der Waals surface area contributed by atoms with Crippen LogP contribution in [0.2, 0.25) is 0 Å². The Hall–Kier alpha value is -3.15. The molecule has 0 unspecified atom stereocenters. The lowest BCUT2D eigenvalue weighted by molar-refractivity contribution is -0.120. The van der Waals surface area contributed by atoms with Crippen LogP contribution >= 0.6 is 0 Å². The molecule has 1 saturated heterocycles. The summed E-state index contributed by atoms with van der Waals surface area (Å²) in [6.45, 7) is 0.888. The second-order valence-corrected chi connectivity index (χ2v) is 6.26. The van der Waals surface area contributed by atoms with E-state index in [9.17, 15) is 14.4 Å². The molecule has 0 aliphatic carbocycles. The average molecular weight is 351 g/mol. The highest BCUT2D eigenvalue weighted by molar-refractivity contribution is 6.03. The van der Waals surface area contributed by atoms with E-state index in [0.29, 0.717) is 11.1 Å². The lowest BCUT2D eigenvalue weighted by Gasteiger charge is -2.03. The summed E-state index contributed by atoms with van der Waals surface area (Å²) in [5.74, 6) is -0.379. The van der Waals surface area contributed by atoms with Gasteiger partial charge in [-0.25, -0.2) is 0 Å². The number of rotatable bonds is 2. The van der Waals surface area contributed by atoms with Gasteiger partial charge in [0.25, 0.3) is 5.91 Å². The van der Waals surface area contributed by atoms with Crippen LogP contribution in [0.25, 0.3) is 11.0 Å². The van der Waals surface area contributed by atoms with Crippen LogP contribution in [0.15, 0.2) is 48.5 Å². The van der Waals surface area contributed by atoms with Crippen LogP contribution in [0, 0.1) is 0 Å². The van der Waals surface area contributed by atoms with Crippen molar-refractivity contribution in [3.05, 3.63) is 59.7 Å². The number of primary amides is 1. The molecule has 3 N–H and O–H groups in total. The number of amides is 2. The minimum absolute atomic E-state index is 0.106. The Morgan fingerprint density at radius 2 is 1.42 bits per heavy atom. The largest absolute Gasteiger partial charge is 0.366 e. The van der Waals surface area contributed by atoms with Crippen molar-refractivity contribution in [3.63, 3.8) is 0 Å². The van der Waals surface area contributed by atoms with Gasteiger partial charge in [0, 0.05) is 35.1 Å². The molecular formula is C20H21N3O3. The first-order valence-electron chi connectivity index (χ1n) is 8.67. The molecule has 3 heterocycles. The summed E-state index contributed by atoms with van der Waals surface area (Å²) in [7, 11) is 0. The Morgan fingerprint density at radius 3 is 2.00 bits per heavy atom. The van der Waals surface area contributed by atoms with E-state index in [-0.39, 0.29) is 11.8 Å². The zero-order valence-electron chi connectivity index (χ0n) is 14.4. The first-order valence-corrected chi connectivity index (χ1v) is 8.67. The van der Waals surface area contributed by atoms with Gasteiger partial charge in [0.15, 0.2) is 0 Å². The van der Waals surface area contributed by atoms with Gasteiger partial charge in [-0.15, -0.1) is 0 Å². The highest BCUT2D eigenvalue weighted by Crippen LogP contribution is 2.19. The van der Waals surface area contributed by atoms with Crippen molar-refractivity contribution < 1.29 is 14.4 Å². The topological polar surface area (TPSA) is 94.2 Å². The first kappa shape index (κ1) is 17.7. The summed E-state index contributed by atoms with van der Waals surface area (Å²) in [5.41, 5.74) is 7.82. The maximum absolute atomic E-state index is 12.3. The number of nitrogens with zero attached hydrogens (tertiary/aromatic N) is 1. The number of carbonyl (C=O) groups excluding carboxylic acids is 3. The van der Waals surface area contributed by atoms with Gasteiger partial charge in [-0.3, -0.25) is 19.0 Å². The molecule has 134 valence electrons. The SMILES string of the molecule is NC(=O)c1ccc(C(=O)n2c3ccc2cc3)cc1.O=C1CCCCCN1. The number of carbonyl (C=O) groups is 3. The standard InChI is InChI=1S/C14H10N2O2.C6H11NO/c15-13(17)9-1-3-10(4-2-9)14(18)16-11-5-6-12(16)8-7-11;8-6-4-2-1-3-5-7-6/h1-8H,(H2,15,17);1-5H2,(H,7,8). The van der Waals surface area contributed by atoms with E-state index in [1.165, 1.54) is 6.42 Å². The van der Waals surface area contributed by atoms with Gasteiger partial charge in [0.05, 0.1) is 0 Å². The number of hydrogen-bond acceptors (Lipinski definition) is 3. The van der Waals surface area contributed by atoms with E-state index in [1.54, 1.807) is 28.8 Å². The molecule has 1 fully saturated rings. The molecule has 0 radical (unpaired) electrons. The zero-order chi connectivity index (χ0) is 18.5. The molecule has 0 saturated carbocycles. The van der Waals surface area contributed by atoms with Gasteiger partial charge < -0.3 is 11.1 Å². The highest BCUT2D eigenvalue weighted by atomic mass is 16.2. The fourth-order valence-corrected chi connectivity index (χ4v) is 2.94. The van der Waals surface area contributed by atoms with Crippen LogP contribution in [-0.2, 0) is 4.79 Å². The van der Waals surface area contributed by atoms with Crippen molar-refractivity contribution in [1.82, 2.24) is 9.88 Å². The van der Waals surface area contributed by atoms with Crippen LogP contribution < -0.4 is 11.1 Å². The number of aromatic nitrogens is 1. The second kappa shape index (κ2) is 7.82. The number of fused-ring (bicyclic) bond motifs is 2. The lowest BCUT2D eigenvalue weighted by Crippen LogP contribution is -2.21. The van der Waals surface area contributed by atoms with Crippen molar-refractivity contribution >= 4 is 28.8 Å². The number of nitrogens with one attached hydrogen (secondary N) is 1. The Morgan fingerprint density at radius 1 is 0.846 bits per heavy atom. The number of hydrogen-bond donors (Lipinski definition) is 2. The van der Waals surface area contributed by atoms with Gasteiger partial charge >= 0.3 is 0 Å². The van der Waals surface area contributed by atoms with Crippen molar-refractivity contribution in [2.24, 2.45) is 5.73 Å². The highest BCUT2D eigenvalue weighted by Gasteiger charge is 2.14. The molecule has 6 heteroatoms. The van der Waals surface area contributed by atoms with Gasteiger partial charge in [-0.05, 0) is 61.4 Å². The molecule has 1 aromatic carbocycles. The van der Waals surface area contributed by atoms with E-state index < -0.39 is 5.91 Å². The van der Waals surface area contributed by atoms with Crippen LogP contribution in [0.3, 0.4) is 0 Å². The third-order valence-corrected chi connectivity index (χ3v) is 4.39. The molecule has 2 aromatic heterocycles. The maximum Gasteiger partial charge on any atom is 0.262 e. The number of benzene rings is 2. The van der Waals surface area contributed by atoms with Gasteiger partial charge in [-0.2, -0.15) is 0 Å². The number of nitrogens with two attached hydrogens (primary N) is 1. The van der Waals surface area contributed by atoms with Crippen molar-refractivity contribution in [2.45, 2.75) is 25.7 Å². The van der Waals surface area contributed by atoms with Gasteiger partial charge in [-0.1, -0.05) is 6.42 Å². The van der Waals surface area contributed by atoms with E-state index >= 15 is 0 Å². The molecule has 26 heavy (non-hydrogen) atoms. The molecule has 2 amide bonds. The molecule has 1 aliphatic heterocycles. The Balaban J connectivity index is 0.000000206. The van der Waals surface area contributed by atoms with E-state index in [1.807, 2.05) is 24.3 Å². The Labute approximate surface area is 151 Å². The van der Waals surface area contributed by atoms with Crippen LogP contribution in [-0.4, -0.2) is 28.8 Å². The smallest absolute Gasteiger partial charge is 0.262 e. The van der Waals surface area contributed by atoms with Crippen LogP contribution in [0.5, 0.6) is 0 Å². The molecule has 1 aliphatic rings. The van der Waals surface area contributed by atoms with E-state index in [0.717, 1.165) is 36.8 Å². The fraction of sp³-hybridized carbons (Fsp3) is 0.250. The predicted molar refractivity (Wildman–Crippen MR) is 99.3 cm³/mol. The molecule has 0 spiro atoms. The Bertz CT molecular complexity index is 854. The van der Waals surface area contributed by atoms with Crippen LogP contribution in [0.1, 0.15) is 46.4 Å². The molecule has 6 nitrogen and oxygen atoms in total. The van der Waals surface area contributed by atoms with E-state index in [4.69, 9.17) is 5.73 Å². The molecule has 0 atom stereocenters. The van der Waals surface area contributed by atoms with Gasteiger partial charge in [0.2, 0.25) is 11.8 Å². The Kier molecular flexibility index (Phi) is 5.31. The summed E-state index contributed by atoms with van der Waals surface area (Å²) < 4.78 is 1.64. The molecular weight excluding hydrogens is 330 g/mol. The predicted octanol–water partition coefficient (Wildman–Crippen LogP) is 2.54. The minimum Gasteiger partial charge on any atom is -0.366 e. The lowest BCUT2D eigenvalue weighted by atomic mass is 10.1. The van der Waals surface area contributed by atoms with Crippen molar-refractivity contribution in [3.8, 4) is 0 Å². The van der Waals surface area contributed by atoms with Crippen LogP contribution in [0.4, 0.5) is 0 Å². The fourth-order valence-electron chi connectivity index (χ4n) is 2.94. The quantitative estimate of drug-likeness (QED) is 0.743. The molecule has 2 bridgehead atoms. The summed E-state index contributed by atoms with van der Waals surface area (Å²) >= 11 is 0. The zero-order valence-corrected chi connectivity index (χ0v) is 14.4. The monoisotopic (exact) mass is 351 g/mol. The maximum atomic E-state index is 12.3. The van der Waals surface area contributed by atoms with Crippen molar-refractivity contribution in [2.75, 3.05) is 6.54 Å². The minimum atomic E-state index is -0.498. The van der Waals surface area contributed by atoms with E-state index in [2.05, 4.69) is 5.32 Å². The summed E-state index contributed by atoms with van der Waals surface area (Å²) in [6, 6.07) is 13.9. The first-order chi connectivity index (χ1) is 12.6. The third-order valence-electron chi connectivity index (χ3n) is 4.39. The summed E-state index contributed by atoms with van der Waals surface area (Å²) in [5, 5.41) is 2.81. The summed E-state index contributed by atoms with van der Waals surface area (Å²) in [6.07, 6.45) is 4.18. The second-order valence-electron chi connectivity index (χ2n) is 6.26. The average Bonchev–Trinajstić information content (AvgIpc) is 3.16. The summed E-state index contributed by atoms with van der Waals surface area (Å²) in [4.78, 5) is 33.8.